The molecule has 0 aliphatic heterocycles. The lowest BCUT2D eigenvalue weighted by molar-refractivity contribution is 0.835. The lowest BCUT2D eigenvalue weighted by Gasteiger charge is -2.07. The number of aliphatic imine (C=N–C) groups is 1. The molecule has 0 saturated heterocycles. The van der Waals surface area contributed by atoms with Crippen molar-refractivity contribution in [3.63, 3.8) is 0 Å². The standard InChI is InChI=1S/C18H10Cl4N4OS/c1-8-11(7-23-18-24-14-3-2-9(19)6-15(14)28-18)17(27)26(25-8)16-12(21)4-10(20)5-13(16)22/h2-7,25H,1H3. The largest absolute Gasteiger partial charge is 0.295 e. The van der Waals surface area contributed by atoms with Crippen LogP contribution in [0.15, 0.2) is 40.1 Å². The minimum Gasteiger partial charge on any atom is -0.295 e. The van der Waals surface area contributed by atoms with E-state index < -0.39 is 0 Å². The zero-order valence-electron chi connectivity index (χ0n) is 14.1. The molecule has 0 saturated carbocycles. The topological polar surface area (TPSA) is 63.0 Å². The number of aromatic amines is 1. The molecule has 0 amide bonds. The van der Waals surface area contributed by atoms with Gasteiger partial charge < -0.3 is 0 Å². The van der Waals surface area contributed by atoms with Crippen LogP contribution in [-0.4, -0.2) is 21.0 Å². The van der Waals surface area contributed by atoms with Crippen LogP contribution < -0.4 is 5.56 Å². The van der Waals surface area contributed by atoms with Gasteiger partial charge in [-0.1, -0.05) is 57.7 Å². The van der Waals surface area contributed by atoms with Crippen molar-refractivity contribution in [2.45, 2.75) is 6.92 Å². The first kappa shape index (κ1) is 19.5. The molecule has 0 atom stereocenters. The van der Waals surface area contributed by atoms with E-state index >= 15 is 0 Å². The predicted molar refractivity (Wildman–Crippen MR) is 118 cm³/mol. The van der Waals surface area contributed by atoms with Crippen LogP contribution in [-0.2, 0) is 0 Å². The van der Waals surface area contributed by atoms with Gasteiger partial charge in [-0.25, -0.2) is 14.7 Å². The first-order valence-electron chi connectivity index (χ1n) is 7.90. The van der Waals surface area contributed by atoms with E-state index in [2.05, 4.69) is 15.1 Å². The van der Waals surface area contributed by atoms with Crippen molar-refractivity contribution >= 4 is 79.3 Å². The summed E-state index contributed by atoms with van der Waals surface area (Å²) in [6, 6.07) is 8.46. The van der Waals surface area contributed by atoms with E-state index in [9.17, 15) is 4.79 Å². The molecule has 2 aromatic carbocycles. The monoisotopic (exact) mass is 470 g/mol. The van der Waals surface area contributed by atoms with Crippen LogP contribution in [0.3, 0.4) is 0 Å². The molecule has 1 N–H and O–H groups in total. The highest BCUT2D eigenvalue weighted by atomic mass is 35.5. The summed E-state index contributed by atoms with van der Waals surface area (Å²) in [5.74, 6) is 0. The van der Waals surface area contributed by atoms with Crippen molar-refractivity contribution in [3.05, 3.63) is 72.0 Å². The van der Waals surface area contributed by atoms with Gasteiger partial charge in [0.1, 0.15) is 5.69 Å². The maximum Gasteiger partial charge on any atom is 0.280 e. The van der Waals surface area contributed by atoms with Crippen LogP contribution in [0.1, 0.15) is 11.3 Å². The Bertz CT molecular complexity index is 1280. The summed E-state index contributed by atoms with van der Waals surface area (Å²) >= 11 is 25.8. The smallest absolute Gasteiger partial charge is 0.280 e. The molecule has 142 valence electrons. The molecular weight excluding hydrogens is 462 g/mol. The van der Waals surface area contributed by atoms with Gasteiger partial charge in [-0.3, -0.25) is 9.89 Å². The van der Waals surface area contributed by atoms with Gasteiger partial charge in [0.05, 0.1) is 25.8 Å². The first-order chi connectivity index (χ1) is 13.3. The Hall–Kier alpha value is -1.83. The molecule has 2 aromatic heterocycles. The van der Waals surface area contributed by atoms with Crippen molar-refractivity contribution in [2.75, 3.05) is 0 Å². The maximum atomic E-state index is 12.9. The molecule has 28 heavy (non-hydrogen) atoms. The summed E-state index contributed by atoms with van der Waals surface area (Å²) in [5, 5.41) is 5.02. The number of aryl methyl sites for hydroxylation is 1. The molecule has 10 heteroatoms. The van der Waals surface area contributed by atoms with Crippen LogP contribution in [0, 0.1) is 6.92 Å². The number of benzene rings is 2. The lowest BCUT2D eigenvalue weighted by atomic mass is 10.3. The highest BCUT2D eigenvalue weighted by Gasteiger charge is 2.17. The van der Waals surface area contributed by atoms with Crippen LogP contribution in [0.5, 0.6) is 0 Å². The molecule has 0 fully saturated rings. The average molecular weight is 472 g/mol. The van der Waals surface area contributed by atoms with Gasteiger partial charge in [0.15, 0.2) is 0 Å². The summed E-state index contributed by atoms with van der Waals surface area (Å²) < 4.78 is 2.19. The van der Waals surface area contributed by atoms with E-state index in [1.165, 1.54) is 34.4 Å². The second-order valence-electron chi connectivity index (χ2n) is 5.88. The van der Waals surface area contributed by atoms with E-state index in [4.69, 9.17) is 46.4 Å². The van der Waals surface area contributed by atoms with Gasteiger partial charge in [-0.2, -0.15) is 0 Å². The summed E-state index contributed by atoms with van der Waals surface area (Å²) in [7, 11) is 0. The van der Waals surface area contributed by atoms with Gasteiger partial charge in [-0.05, 0) is 37.3 Å². The van der Waals surface area contributed by atoms with Gasteiger partial charge >= 0.3 is 0 Å². The van der Waals surface area contributed by atoms with Crippen molar-refractivity contribution in [3.8, 4) is 5.69 Å². The van der Waals surface area contributed by atoms with Crippen molar-refractivity contribution in [2.24, 2.45) is 4.99 Å². The molecule has 0 unspecified atom stereocenters. The number of nitrogens with one attached hydrogen (secondary N) is 1. The summed E-state index contributed by atoms with van der Waals surface area (Å²) in [6.07, 6.45) is 1.47. The Morgan fingerprint density at radius 3 is 2.54 bits per heavy atom. The number of hydrogen-bond acceptors (Lipinski definition) is 4. The SMILES string of the molecule is Cc1[nH]n(-c2c(Cl)cc(Cl)cc2Cl)c(=O)c1C=Nc1nc2ccc(Cl)cc2s1. The van der Waals surface area contributed by atoms with Gasteiger partial charge in [0.25, 0.3) is 5.56 Å². The van der Waals surface area contributed by atoms with E-state index in [1.807, 2.05) is 12.1 Å². The van der Waals surface area contributed by atoms with Crippen LogP contribution in [0.4, 0.5) is 5.13 Å². The third kappa shape index (κ3) is 3.58. The summed E-state index contributed by atoms with van der Waals surface area (Å²) in [6.45, 7) is 1.76. The normalized spacial score (nSPS) is 11.8. The Kier molecular flexibility index (Phi) is 5.24. The van der Waals surface area contributed by atoms with E-state index in [1.54, 1.807) is 13.0 Å². The summed E-state index contributed by atoms with van der Waals surface area (Å²) in [5.41, 5.74) is 1.77. The number of hydrogen-bond donors (Lipinski definition) is 1. The zero-order chi connectivity index (χ0) is 20.0. The Morgan fingerprint density at radius 2 is 1.82 bits per heavy atom. The fourth-order valence-corrected chi connectivity index (χ4v) is 4.75. The van der Waals surface area contributed by atoms with Gasteiger partial charge in [0.2, 0.25) is 5.13 Å². The number of H-pyrrole nitrogens is 1. The van der Waals surface area contributed by atoms with E-state index in [0.29, 0.717) is 32.1 Å². The number of aromatic nitrogens is 3. The van der Waals surface area contributed by atoms with Crippen LogP contribution >= 0.6 is 57.7 Å². The fraction of sp³-hybridized carbons (Fsp3) is 0.0556. The number of nitrogens with zero attached hydrogens (tertiary/aromatic N) is 3. The number of halogens is 4. The fourth-order valence-electron chi connectivity index (χ4n) is 2.68. The van der Waals surface area contributed by atoms with Crippen molar-refractivity contribution in [1.82, 2.24) is 14.8 Å². The van der Waals surface area contributed by atoms with Gasteiger partial charge in [0, 0.05) is 22.0 Å². The minimum atomic E-state index is -0.337. The third-order valence-electron chi connectivity index (χ3n) is 3.97. The highest BCUT2D eigenvalue weighted by Crippen LogP contribution is 2.32. The van der Waals surface area contributed by atoms with Crippen molar-refractivity contribution < 1.29 is 0 Å². The molecular formula is C18H10Cl4N4OS. The number of thiazole rings is 1. The lowest BCUT2D eigenvalue weighted by Crippen LogP contribution is -2.18. The number of rotatable bonds is 3. The molecule has 4 aromatic rings. The maximum absolute atomic E-state index is 12.9. The summed E-state index contributed by atoms with van der Waals surface area (Å²) in [4.78, 5) is 21.6. The predicted octanol–water partition coefficient (Wildman–Crippen LogP) is 6.45. The zero-order valence-corrected chi connectivity index (χ0v) is 18.0. The molecule has 0 radical (unpaired) electrons. The first-order valence-corrected chi connectivity index (χ1v) is 10.2. The molecule has 0 spiro atoms. The van der Waals surface area contributed by atoms with E-state index in [-0.39, 0.29) is 15.6 Å². The Labute approximate surface area is 183 Å². The number of fused-ring (bicyclic) bond motifs is 1. The van der Waals surface area contributed by atoms with E-state index in [0.717, 1.165) is 10.2 Å². The van der Waals surface area contributed by atoms with Crippen LogP contribution in [0.2, 0.25) is 20.1 Å². The third-order valence-corrected chi connectivity index (χ3v) is 5.92. The second-order valence-corrected chi connectivity index (χ2v) is 8.57. The minimum absolute atomic E-state index is 0.257. The highest BCUT2D eigenvalue weighted by molar-refractivity contribution is 7.22. The Balaban J connectivity index is 1.75. The molecule has 0 bridgehead atoms. The molecule has 0 aliphatic rings. The molecule has 5 nitrogen and oxygen atoms in total. The Morgan fingerprint density at radius 1 is 1.11 bits per heavy atom. The quantitative estimate of drug-likeness (QED) is 0.349. The molecule has 2 heterocycles. The van der Waals surface area contributed by atoms with Crippen molar-refractivity contribution in [1.29, 1.82) is 0 Å². The second kappa shape index (κ2) is 7.54. The molecule has 4 rings (SSSR count). The average Bonchev–Trinajstić information content (AvgIpc) is 3.13. The molecule has 0 aliphatic carbocycles. The van der Waals surface area contributed by atoms with Crippen LogP contribution in [0.25, 0.3) is 15.9 Å². The van der Waals surface area contributed by atoms with Gasteiger partial charge in [-0.15, -0.1) is 0 Å².